The number of carbonyl (C=O) groups is 5. The molecule has 3 N–H and O–H groups in total. The molecule has 6 atom stereocenters. The van der Waals surface area contributed by atoms with Crippen LogP contribution in [0.4, 0.5) is 13.2 Å². The van der Waals surface area contributed by atoms with Gasteiger partial charge in [0.25, 0.3) is 17.4 Å². The van der Waals surface area contributed by atoms with E-state index in [1.807, 2.05) is 13.8 Å². The average molecular weight is 606 g/mol. The van der Waals surface area contributed by atoms with E-state index in [9.17, 15) is 37.1 Å². The molecule has 2 saturated carbocycles. The standard InChI is InChI=1S/C27H39ClF3N5O5/c1-3-14(4-2)19(33-23(38)17-10-27(30,31)11-17)25(40)35-12-15-6-5-7-18(15)20(35)24(39)34-36(26(41)21(28)29)13-16-8-9-32-22(16)37/h14-21H,3-13H2,1-2H3,(H,32,37)(H,33,38)(H,34,39)/t15-,16-,18-,19?,20-,21?/m0/s1. The predicted octanol–water partition coefficient (Wildman–Crippen LogP) is 2.11. The maximum absolute atomic E-state index is 14.1. The summed E-state index contributed by atoms with van der Waals surface area (Å²) >= 11 is 5.41. The summed E-state index contributed by atoms with van der Waals surface area (Å²) < 4.78 is 40.7. The van der Waals surface area contributed by atoms with Crippen LogP contribution >= 0.6 is 11.6 Å². The topological polar surface area (TPSA) is 128 Å². The lowest BCUT2D eigenvalue weighted by atomic mass is 9.80. The lowest BCUT2D eigenvalue weighted by molar-refractivity contribution is -0.155. The molecule has 14 heteroatoms. The Balaban J connectivity index is 1.55. The van der Waals surface area contributed by atoms with Gasteiger partial charge in [-0.25, -0.2) is 18.2 Å². The number of hydrogen-bond acceptors (Lipinski definition) is 5. The van der Waals surface area contributed by atoms with Crippen LogP contribution in [0.1, 0.15) is 65.2 Å². The van der Waals surface area contributed by atoms with Crippen LogP contribution < -0.4 is 16.1 Å². The summed E-state index contributed by atoms with van der Waals surface area (Å²) in [6, 6.07) is -2.02. The molecular formula is C27H39ClF3N5O5. The molecular weight excluding hydrogens is 567 g/mol. The van der Waals surface area contributed by atoms with Crippen molar-refractivity contribution < 1.29 is 37.1 Å². The fourth-order valence-electron chi connectivity index (χ4n) is 6.85. The SMILES string of the molecule is CCC(CC)C(NC(=O)C1CC(F)(F)C1)C(=O)N1C[C@@H]2CCC[C@@H]2[C@H]1C(=O)NN(C[C@@H]1CCNC1=O)C(=O)C(F)Cl. The highest BCUT2D eigenvalue weighted by atomic mass is 35.5. The van der Waals surface area contributed by atoms with Gasteiger partial charge in [0.15, 0.2) is 0 Å². The van der Waals surface area contributed by atoms with Crippen LogP contribution in [0.3, 0.4) is 0 Å². The fourth-order valence-corrected chi connectivity index (χ4v) is 6.97. The molecule has 0 radical (unpaired) electrons. The molecule has 41 heavy (non-hydrogen) atoms. The first kappa shape index (κ1) is 31.4. The normalized spacial score (nSPS) is 28.5. The lowest BCUT2D eigenvalue weighted by Crippen LogP contribution is -2.60. The monoisotopic (exact) mass is 605 g/mol. The van der Waals surface area contributed by atoms with E-state index in [1.165, 1.54) is 4.90 Å². The minimum Gasteiger partial charge on any atom is -0.356 e. The molecule has 2 heterocycles. The summed E-state index contributed by atoms with van der Waals surface area (Å²) in [5.41, 5.74) is -0.00706. The predicted molar refractivity (Wildman–Crippen MR) is 142 cm³/mol. The number of alkyl halides is 4. The molecule has 230 valence electrons. The van der Waals surface area contributed by atoms with Gasteiger partial charge in [0, 0.05) is 31.8 Å². The van der Waals surface area contributed by atoms with Gasteiger partial charge in [0.2, 0.25) is 23.6 Å². The quantitative estimate of drug-likeness (QED) is 0.260. The molecule has 2 aliphatic carbocycles. The number of nitrogens with one attached hydrogen (secondary N) is 3. The van der Waals surface area contributed by atoms with Crippen LogP contribution in [0, 0.1) is 29.6 Å². The van der Waals surface area contributed by atoms with Crippen molar-refractivity contribution in [2.45, 2.75) is 88.9 Å². The van der Waals surface area contributed by atoms with Gasteiger partial charge in [-0.2, -0.15) is 0 Å². The van der Waals surface area contributed by atoms with Crippen molar-refractivity contribution >= 4 is 41.1 Å². The highest BCUT2D eigenvalue weighted by molar-refractivity contribution is 6.29. The minimum absolute atomic E-state index is 0.0183. The van der Waals surface area contributed by atoms with Crippen molar-refractivity contribution in [1.82, 2.24) is 26.0 Å². The third-order valence-electron chi connectivity index (χ3n) is 9.25. The van der Waals surface area contributed by atoms with Crippen LogP contribution in [-0.2, 0) is 24.0 Å². The Hall–Kier alpha value is -2.57. The van der Waals surface area contributed by atoms with Gasteiger partial charge in [0.05, 0.1) is 12.5 Å². The van der Waals surface area contributed by atoms with Crippen molar-refractivity contribution in [3.05, 3.63) is 0 Å². The molecule has 2 unspecified atom stereocenters. The van der Waals surface area contributed by atoms with E-state index in [-0.39, 0.29) is 36.8 Å². The van der Waals surface area contributed by atoms with Crippen LogP contribution in [0.25, 0.3) is 0 Å². The molecule has 0 bridgehead atoms. The van der Waals surface area contributed by atoms with Gasteiger partial charge in [-0.3, -0.25) is 29.4 Å². The maximum Gasteiger partial charge on any atom is 0.291 e. The molecule has 10 nitrogen and oxygen atoms in total. The summed E-state index contributed by atoms with van der Waals surface area (Å²) in [4.78, 5) is 66.7. The third kappa shape index (κ3) is 6.75. The van der Waals surface area contributed by atoms with E-state index in [2.05, 4.69) is 16.1 Å². The molecule has 2 aliphatic heterocycles. The van der Waals surface area contributed by atoms with Crippen molar-refractivity contribution in [3.63, 3.8) is 0 Å². The van der Waals surface area contributed by atoms with Gasteiger partial charge in [-0.05, 0) is 37.0 Å². The summed E-state index contributed by atoms with van der Waals surface area (Å²) in [7, 11) is 0. The van der Waals surface area contributed by atoms with Gasteiger partial charge < -0.3 is 15.5 Å². The average Bonchev–Trinajstić information content (AvgIpc) is 3.62. The van der Waals surface area contributed by atoms with Gasteiger partial charge in [-0.15, -0.1) is 0 Å². The number of fused-ring (bicyclic) bond motifs is 1. The molecule has 0 aromatic heterocycles. The van der Waals surface area contributed by atoms with Crippen LogP contribution in [0.15, 0.2) is 0 Å². The van der Waals surface area contributed by atoms with E-state index in [0.29, 0.717) is 32.2 Å². The summed E-state index contributed by atoms with van der Waals surface area (Å²) in [5, 5.41) is 6.06. The number of likely N-dealkylation sites (tertiary alicyclic amines) is 1. The number of carbonyl (C=O) groups excluding carboxylic acids is 5. The van der Waals surface area contributed by atoms with E-state index in [4.69, 9.17) is 11.6 Å². The fraction of sp³-hybridized carbons (Fsp3) is 0.815. The molecule has 4 aliphatic rings. The first-order valence-electron chi connectivity index (χ1n) is 14.5. The largest absolute Gasteiger partial charge is 0.356 e. The summed E-state index contributed by atoms with van der Waals surface area (Å²) in [6.07, 6.45) is 2.61. The Kier molecular flexibility index (Phi) is 9.75. The van der Waals surface area contributed by atoms with Crippen molar-refractivity contribution in [3.8, 4) is 0 Å². The molecule has 5 amide bonds. The maximum atomic E-state index is 14.1. The Morgan fingerprint density at radius 3 is 2.37 bits per heavy atom. The highest BCUT2D eigenvalue weighted by Gasteiger charge is 2.53. The second-order valence-electron chi connectivity index (χ2n) is 11.8. The zero-order chi connectivity index (χ0) is 30.1. The van der Waals surface area contributed by atoms with E-state index in [1.54, 1.807) is 0 Å². The van der Waals surface area contributed by atoms with Crippen LogP contribution in [-0.4, -0.2) is 82.7 Å². The number of halogens is 4. The van der Waals surface area contributed by atoms with Crippen LogP contribution in [0.2, 0.25) is 0 Å². The number of hydrazine groups is 1. The Bertz CT molecular complexity index is 1040. The Morgan fingerprint density at radius 2 is 1.80 bits per heavy atom. The summed E-state index contributed by atoms with van der Waals surface area (Å²) in [6.45, 7) is 4.09. The zero-order valence-corrected chi connectivity index (χ0v) is 24.1. The number of rotatable bonds is 10. The molecule has 0 aromatic rings. The Morgan fingerprint density at radius 1 is 1.12 bits per heavy atom. The Labute approximate surface area is 242 Å². The van der Waals surface area contributed by atoms with Crippen molar-refractivity contribution in [2.24, 2.45) is 29.6 Å². The second-order valence-corrected chi connectivity index (χ2v) is 12.2. The minimum atomic E-state index is -2.89. The van der Waals surface area contributed by atoms with E-state index >= 15 is 0 Å². The summed E-state index contributed by atoms with van der Waals surface area (Å²) in [5.74, 6) is -8.28. The number of hydrogen-bond donors (Lipinski definition) is 3. The van der Waals surface area contributed by atoms with Crippen molar-refractivity contribution in [1.29, 1.82) is 0 Å². The smallest absolute Gasteiger partial charge is 0.291 e. The van der Waals surface area contributed by atoms with Gasteiger partial charge >= 0.3 is 0 Å². The third-order valence-corrected chi connectivity index (χ3v) is 9.44. The molecule has 4 rings (SSSR count). The van der Waals surface area contributed by atoms with Crippen molar-refractivity contribution in [2.75, 3.05) is 19.6 Å². The second kappa shape index (κ2) is 12.7. The molecule has 0 spiro atoms. The number of amides is 5. The van der Waals surface area contributed by atoms with E-state index in [0.717, 1.165) is 17.9 Å². The first-order chi connectivity index (χ1) is 19.4. The zero-order valence-electron chi connectivity index (χ0n) is 23.3. The van der Waals surface area contributed by atoms with Gasteiger partial charge in [0.1, 0.15) is 12.1 Å². The van der Waals surface area contributed by atoms with Gasteiger partial charge in [-0.1, -0.05) is 44.7 Å². The lowest BCUT2D eigenvalue weighted by Gasteiger charge is -2.37. The van der Waals surface area contributed by atoms with E-state index < -0.39 is 71.9 Å². The molecule has 4 fully saturated rings. The number of nitrogens with zero attached hydrogens (tertiary/aromatic N) is 2. The highest BCUT2D eigenvalue weighted by Crippen LogP contribution is 2.44. The first-order valence-corrected chi connectivity index (χ1v) is 15.0. The van der Waals surface area contributed by atoms with Crippen LogP contribution in [0.5, 0.6) is 0 Å². The molecule has 2 saturated heterocycles. The molecule has 0 aromatic carbocycles.